The fraction of sp³-hybridized carbons (Fsp3) is 0.185. The minimum absolute atomic E-state index is 0.0903. The van der Waals surface area contributed by atoms with Crippen LogP contribution in [0.1, 0.15) is 28.4 Å². The van der Waals surface area contributed by atoms with Gasteiger partial charge in [-0.15, -0.1) is 0 Å². The lowest BCUT2D eigenvalue weighted by molar-refractivity contribution is -0.142. The van der Waals surface area contributed by atoms with Crippen molar-refractivity contribution in [3.8, 4) is 11.1 Å². The fourth-order valence-electron chi connectivity index (χ4n) is 3.93. The Morgan fingerprint density at radius 3 is 2.34 bits per heavy atom. The number of fused-ring (bicyclic) bond motifs is 1. The van der Waals surface area contributed by atoms with E-state index in [1.54, 1.807) is 25.1 Å². The minimum atomic E-state index is -0.303. The number of nitrogens with one attached hydrogen (secondary N) is 1. The van der Waals surface area contributed by atoms with E-state index in [-0.39, 0.29) is 18.3 Å². The van der Waals surface area contributed by atoms with Crippen molar-refractivity contribution in [1.29, 1.82) is 0 Å². The van der Waals surface area contributed by atoms with Crippen LogP contribution in [0, 0.1) is 0 Å². The number of hydrogen-bond acceptors (Lipinski definition) is 3. The molecule has 0 unspecified atom stereocenters. The summed E-state index contributed by atoms with van der Waals surface area (Å²) in [5.74, 6) is -0.394. The fourth-order valence-corrected chi connectivity index (χ4v) is 3.93. The van der Waals surface area contributed by atoms with Crippen LogP contribution in [0.2, 0.25) is 0 Å². The summed E-state index contributed by atoms with van der Waals surface area (Å²) < 4.78 is 5.08. The van der Waals surface area contributed by atoms with E-state index in [0.717, 1.165) is 33.2 Å². The smallest absolute Gasteiger partial charge is 0.310 e. The number of carbonyl (C=O) groups is 2. The van der Waals surface area contributed by atoms with Gasteiger partial charge in [-0.25, -0.2) is 0 Å². The molecule has 1 aromatic heterocycles. The second kappa shape index (κ2) is 9.52. The van der Waals surface area contributed by atoms with Crippen molar-refractivity contribution in [2.45, 2.75) is 19.9 Å². The summed E-state index contributed by atoms with van der Waals surface area (Å²) in [6.45, 7) is 2.60. The van der Waals surface area contributed by atoms with E-state index in [0.29, 0.717) is 18.7 Å². The number of aromatic nitrogens is 1. The normalized spacial score (nSPS) is 10.8. The van der Waals surface area contributed by atoms with Crippen LogP contribution in [-0.4, -0.2) is 35.4 Å². The molecule has 0 aliphatic heterocycles. The second-order valence-electron chi connectivity index (χ2n) is 7.75. The van der Waals surface area contributed by atoms with Crippen LogP contribution in [0.25, 0.3) is 22.0 Å². The summed E-state index contributed by atoms with van der Waals surface area (Å²) >= 11 is 0. The number of esters is 1. The summed E-state index contributed by atoms with van der Waals surface area (Å²) in [5, 5.41) is 0.775. The Morgan fingerprint density at radius 2 is 1.62 bits per heavy atom. The summed E-state index contributed by atoms with van der Waals surface area (Å²) in [6.07, 6.45) is 1.91. The topological polar surface area (TPSA) is 62.4 Å². The molecule has 162 valence electrons. The zero-order valence-electron chi connectivity index (χ0n) is 18.3. The lowest BCUT2D eigenvalue weighted by Gasteiger charge is -2.18. The third kappa shape index (κ3) is 4.57. The highest BCUT2D eigenvalue weighted by atomic mass is 16.5. The second-order valence-corrected chi connectivity index (χ2v) is 7.75. The van der Waals surface area contributed by atoms with E-state index in [9.17, 15) is 9.59 Å². The molecular formula is C27H26N2O3. The number of aromatic amines is 1. The van der Waals surface area contributed by atoms with Crippen molar-refractivity contribution in [2.75, 3.05) is 13.7 Å². The van der Waals surface area contributed by atoms with Gasteiger partial charge in [0.1, 0.15) is 0 Å². The largest absolute Gasteiger partial charge is 0.466 e. The molecule has 0 spiro atoms. The van der Waals surface area contributed by atoms with Gasteiger partial charge in [0.25, 0.3) is 5.91 Å². The van der Waals surface area contributed by atoms with Gasteiger partial charge in [-0.05, 0) is 41.3 Å². The van der Waals surface area contributed by atoms with E-state index in [1.807, 2.05) is 36.4 Å². The van der Waals surface area contributed by atoms with Gasteiger partial charge in [-0.3, -0.25) is 9.59 Å². The van der Waals surface area contributed by atoms with Crippen molar-refractivity contribution in [3.63, 3.8) is 0 Å². The first kappa shape index (κ1) is 21.4. The molecule has 0 bridgehead atoms. The van der Waals surface area contributed by atoms with Crippen LogP contribution >= 0.6 is 0 Å². The molecule has 4 rings (SSSR count). The maximum absolute atomic E-state index is 13.3. The molecule has 0 saturated heterocycles. The van der Waals surface area contributed by atoms with Gasteiger partial charge in [0.2, 0.25) is 0 Å². The molecule has 5 nitrogen and oxygen atoms in total. The maximum atomic E-state index is 13.3. The number of ether oxygens (including phenoxy) is 1. The third-order valence-electron chi connectivity index (χ3n) is 5.49. The first-order chi connectivity index (χ1) is 15.6. The Balaban J connectivity index is 1.54. The maximum Gasteiger partial charge on any atom is 0.310 e. The molecule has 1 N–H and O–H groups in total. The van der Waals surface area contributed by atoms with Gasteiger partial charge in [0.05, 0.1) is 13.0 Å². The predicted octanol–water partition coefficient (Wildman–Crippen LogP) is 5.21. The Morgan fingerprint density at radius 1 is 0.906 bits per heavy atom. The molecule has 0 saturated carbocycles. The van der Waals surface area contributed by atoms with Crippen LogP contribution < -0.4 is 0 Å². The lowest BCUT2D eigenvalue weighted by Crippen LogP contribution is -2.26. The van der Waals surface area contributed by atoms with Crippen LogP contribution in [0.15, 0.2) is 79.0 Å². The van der Waals surface area contributed by atoms with E-state index in [4.69, 9.17) is 4.74 Å². The molecule has 0 radical (unpaired) electrons. The number of amides is 1. The SMILES string of the molecule is CCOC(=O)Cc1c[nH]c2cccc(C(=O)N(C)Cc3ccc(-c4ccccc4)cc3)c12. The Hall–Kier alpha value is -3.86. The molecule has 0 atom stereocenters. The predicted molar refractivity (Wildman–Crippen MR) is 126 cm³/mol. The first-order valence-corrected chi connectivity index (χ1v) is 10.7. The number of rotatable bonds is 7. The Labute approximate surface area is 187 Å². The van der Waals surface area contributed by atoms with Crippen molar-refractivity contribution < 1.29 is 14.3 Å². The summed E-state index contributed by atoms with van der Waals surface area (Å²) in [4.78, 5) is 30.2. The Kier molecular flexibility index (Phi) is 6.36. The molecule has 5 heteroatoms. The summed E-state index contributed by atoms with van der Waals surface area (Å²) in [6, 6.07) is 24.0. The van der Waals surface area contributed by atoms with Crippen molar-refractivity contribution in [3.05, 3.63) is 95.7 Å². The van der Waals surface area contributed by atoms with Crippen LogP contribution in [-0.2, 0) is 22.5 Å². The summed E-state index contributed by atoms with van der Waals surface area (Å²) in [7, 11) is 1.80. The highest BCUT2D eigenvalue weighted by Gasteiger charge is 2.19. The molecule has 0 aliphatic carbocycles. The van der Waals surface area contributed by atoms with Crippen molar-refractivity contribution in [2.24, 2.45) is 0 Å². The molecule has 1 heterocycles. The zero-order chi connectivity index (χ0) is 22.5. The summed E-state index contributed by atoms with van der Waals surface area (Å²) in [5.41, 5.74) is 5.53. The molecular weight excluding hydrogens is 400 g/mol. The van der Waals surface area contributed by atoms with E-state index in [2.05, 4.69) is 41.4 Å². The standard InChI is InChI=1S/C27H26N2O3/c1-3-32-25(30)16-22-17-28-24-11-7-10-23(26(22)24)27(31)29(2)18-19-12-14-21(15-13-19)20-8-5-4-6-9-20/h4-15,17,28H,3,16,18H2,1-2H3. The molecule has 0 fully saturated rings. The monoisotopic (exact) mass is 426 g/mol. The molecule has 1 amide bonds. The van der Waals surface area contributed by atoms with Gasteiger partial charge < -0.3 is 14.6 Å². The number of benzene rings is 3. The minimum Gasteiger partial charge on any atom is -0.466 e. The number of carbonyl (C=O) groups excluding carboxylic acids is 2. The number of nitrogens with zero attached hydrogens (tertiary/aromatic N) is 1. The lowest BCUT2D eigenvalue weighted by atomic mass is 10.0. The van der Waals surface area contributed by atoms with Crippen LogP contribution in [0.5, 0.6) is 0 Å². The third-order valence-corrected chi connectivity index (χ3v) is 5.49. The van der Waals surface area contributed by atoms with Crippen LogP contribution in [0.3, 0.4) is 0 Å². The van der Waals surface area contributed by atoms with Gasteiger partial charge in [0, 0.05) is 36.3 Å². The number of H-pyrrole nitrogens is 1. The van der Waals surface area contributed by atoms with Gasteiger partial charge >= 0.3 is 5.97 Å². The first-order valence-electron chi connectivity index (χ1n) is 10.7. The van der Waals surface area contributed by atoms with Crippen LogP contribution in [0.4, 0.5) is 0 Å². The van der Waals surface area contributed by atoms with E-state index < -0.39 is 0 Å². The quantitative estimate of drug-likeness (QED) is 0.413. The molecule has 3 aromatic carbocycles. The number of hydrogen-bond donors (Lipinski definition) is 1. The van der Waals surface area contributed by atoms with E-state index in [1.165, 1.54) is 0 Å². The highest BCUT2D eigenvalue weighted by Crippen LogP contribution is 2.25. The van der Waals surface area contributed by atoms with E-state index >= 15 is 0 Å². The van der Waals surface area contributed by atoms with Crippen molar-refractivity contribution in [1.82, 2.24) is 9.88 Å². The average Bonchev–Trinajstić information content (AvgIpc) is 3.22. The molecule has 32 heavy (non-hydrogen) atoms. The zero-order valence-corrected chi connectivity index (χ0v) is 18.3. The molecule has 0 aliphatic rings. The van der Waals surface area contributed by atoms with Gasteiger partial charge in [-0.2, -0.15) is 0 Å². The highest BCUT2D eigenvalue weighted by molar-refractivity contribution is 6.08. The Bertz CT molecular complexity index is 1230. The molecule has 4 aromatic rings. The average molecular weight is 427 g/mol. The van der Waals surface area contributed by atoms with Crippen molar-refractivity contribution >= 4 is 22.8 Å². The van der Waals surface area contributed by atoms with Gasteiger partial charge in [-0.1, -0.05) is 60.7 Å². The van der Waals surface area contributed by atoms with Gasteiger partial charge in [0.15, 0.2) is 0 Å².